The number of hydrogen-bond donors (Lipinski definition) is 2. The van der Waals surface area contributed by atoms with Crippen LogP contribution in [0.2, 0.25) is 0 Å². The Hall–Kier alpha value is -2.24. The van der Waals surface area contributed by atoms with Crippen molar-refractivity contribution in [1.29, 1.82) is 0 Å². The molecule has 6 nitrogen and oxygen atoms in total. The van der Waals surface area contributed by atoms with E-state index in [1.54, 1.807) is 7.11 Å². The molecule has 3 amide bonds. The van der Waals surface area contributed by atoms with Crippen LogP contribution in [0.25, 0.3) is 0 Å². The van der Waals surface area contributed by atoms with E-state index in [0.717, 1.165) is 24.2 Å². The monoisotopic (exact) mass is 347 g/mol. The van der Waals surface area contributed by atoms with E-state index < -0.39 is 0 Å². The fraction of sp³-hybridized carbons (Fsp3) is 0.579. The number of carbonyl (C=O) groups is 2. The summed E-state index contributed by atoms with van der Waals surface area (Å²) >= 11 is 0. The zero-order valence-electron chi connectivity index (χ0n) is 15.4. The van der Waals surface area contributed by atoms with Crippen LogP contribution in [0.15, 0.2) is 24.3 Å². The summed E-state index contributed by atoms with van der Waals surface area (Å²) in [6, 6.07) is 8.07. The number of benzene rings is 1. The number of amides is 3. The minimum Gasteiger partial charge on any atom is -0.497 e. The van der Waals surface area contributed by atoms with Gasteiger partial charge in [-0.25, -0.2) is 4.79 Å². The van der Waals surface area contributed by atoms with Crippen LogP contribution in [-0.2, 0) is 11.2 Å². The van der Waals surface area contributed by atoms with E-state index in [0.29, 0.717) is 25.9 Å². The van der Waals surface area contributed by atoms with Crippen molar-refractivity contribution in [3.05, 3.63) is 29.8 Å². The number of ether oxygens (including phenoxy) is 1. The lowest BCUT2D eigenvalue weighted by Gasteiger charge is -2.33. The fourth-order valence-corrected chi connectivity index (χ4v) is 2.95. The zero-order chi connectivity index (χ0) is 18.2. The van der Waals surface area contributed by atoms with Crippen molar-refractivity contribution in [2.45, 2.75) is 51.6 Å². The van der Waals surface area contributed by atoms with Gasteiger partial charge in [0, 0.05) is 31.6 Å². The van der Waals surface area contributed by atoms with Crippen LogP contribution in [0.5, 0.6) is 5.75 Å². The van der Waals surface area contributed by atoms with Gasteiger partial charge in [-0.15, -0.1) is 0 Å². The normalized spacial score (nSPS) is 15.1. The van der Waals surface area contributed by atoms with Crippen molar-refractivity contribution in [3.8, 4) is 5.75 Å². The molecule has 1 saturated heterocycles. The number of aryl methyl sites for hydroxylation is 1. The Morgan fingerprint density at radius 3 is 2.64 bits per heavy atom. The van der Waals surface area contributed by atoms with Gasteiger partial charge in [-0.3, -0.25) is 4.79 Å². The predicted octanol–water partition coefficient (Wildman–Crippen LogP) is 2.33. The third-order valence-electron chi connectivity index (χ3n) is 4.33. The van der Waals surface area contributed by atoms with E-state index in [2.05, 4.69) is 10.6 Å². The van der Waals surface area contributed by atoms with Crippen LogP contribution >= 0.6 is 0 Å². The Labute approximate surface area is 149 Å². The van der Waals surface area contributed by atoms with Crippen molar-refractivity contribution in [1.82, 2.24) is 15.5 Å². The second-order valence-corrected chi connectivity index (χ2v) is 6.78. The number of urea groups is 1. The van der Waals surface area contributed by atoms with Crippen LogP contribution in [0.4, 0.5) is 4.79 Å². The van der Waals surface area contributed by atoms with E-state index in [1.807, 2.05) is 43.0 Å². The van der Waals surface area contributed by atoms with Crippen LogP contribution in [0.3, 0.4) is 0 Å². The fourth-order valence-electron chi connectivity index (χ4n) is 2.95. The molecule has 0 spiro atoms. The second kappa shape index (κ2) is 9.30. The van der Waals surface area contributed by atoms with E-state index in [9.17, 15) is 9.59 Å². The summed E-state index contributed by atoms with van der Waals surface area (Å²) in [6.07, 6.45) is 2.76. The quantitative estimate of drug-likeness (QED) is 0.830. The maximum absolute atomic E-state index is 12.2. The molecule has 0 aromatic heterocycles. The molecule has 1 aromatic carbocycles. The van der Waals surface area contributed by atoms with Crippen molar-refractivity contribution >= 4 is 11.9 Å². The number of rotatable bonds is 6. The summed E-state index contributed by atoms with van der Waals surface area (Å²) in [4.78, 5) is 25.9. The molecule has 1 aromatic rings. The molecule has 0 radical (unpaired) electrons. The SMILES string of the molecule is COc1cccc(CCC(=O)NC2CCN(C(=O)NC(C)C)CC2)c1. The third-order valence-corrected chi connectivity index (χ3v) is 4.33. The summed E-state index contributed by atoms with van der Waals surface area (Å²) < 4.78 is 5.20. The number of methoxy groups -OCH3 is 1. The van der Waals surface area contributed by atoms with Crippen molar-refractivity contribution in [3.63, 3.8) is 0 Å². The van der Waals surface area contributed by atoms with Crippen molar-refractivity contribution in [2.75, 3.05) is 20.2 Å². The van der Waals surface area contributed by atoms with E-state index in [1.165, 1.54) is 0 Å². The van der Waals surface area contributed by atoms with Gasteiger partial charge in [0.1, 0.15) is 5.75 Å². The van der Waals surface area contributed by atoms with Gasteiger partial charge in [0.15, 0.2) is 0 Å². The molecular formula is C19H29N3O3. The Morgan fingerprint density at radius 2 is 2.00 bits per heavy atom. The Bertz CT molecular complexity index is 581. The highest BCUT2D eigenvalue weighted by molar-refractivity contribution is 5.77. The smallest absolute Gasteiger partial charge is 0.317 e. The van der Waals surface area contributed by atoms with E-state index in [-0.39, 0.29) is 24.0 Å². The van der Waals surface area contributed by atoms with Gasteiger partial charge in [0.05, 0.1) is 7.11 Å². The molecule has 0 saturated carbocycles. The molecule has 6 heteroatoms. The Balaban J connectivity index is 1.70. The molecule has 0 bridgehead atoms. The number of likely N-dealkylation sites (tertiary alicyclic amines) is 1. The average Bonchev–Trinajstić information content (AvgIpc) is 2.60. The standard InChI is InChI=1S/C19H29N3O3/c1-14(2)20-19(24)22-11-9-16(10-12-22)21-18(23)8-7-15-5-4-6-17(13-15)25-3/h4-6,13-14,16H,7-12H2,1-3H3,(H,20,24)(H,21,23). The first kappa shape index (κ1) is 19.1. The maximum atomic E-state index is 12.2. The lowest BCUT2D eigenvalue weighted by molar-refractivity contribution is -0.122. The Morgan fingerprint density at radius 1 is 1.28 bits per heavy atom. The van der Waals surface area contributed by atoms with E-state index in [4.69, 9.17) is 4.74 Å². The summed E-state index contributed by atoms with van der Waals surface area (Å²) in [6.45, 7) is 5.26. The number of nitrogens with zero attached hydrogens (tertiary/aromatic N) is 1. The summed E-state index contributed by atoms with van der Waals surface area (Å²) in [5.74, 6) is 0.873. The summed E-state index contributed by atoms with van der Waals surface area (Å²) in [7, 11) is 1.64. The highest BCUT2D eigenvalue weighted by Crippen LogP contribution is 2.15. The molecule has 0 aliphatic carbocycles. The highest BCUT2D eigenvalue weighted by Gasteiger charge is 2.23. The van der Waals surface area contributed by atoms with Crippen LogP contribution in [-0.4, -0.2) is 49.1 Å². The lowest BCUT2D eigenvalue weighted by atomic mass is 10.0. The summed E-state index contributed by atoms with van der Waals surface area (Å²) in [5, 5.41) is 5.99. The molecule has 138 valence electrons. The van der Waals surface area contributed by atoms with Gasteiger partial charge in [0.25, 0.3) is 0 Å². The molecule has 0 unspecified atom stereocenters. The number of carbonyl (C=O) groups excluding carboxylic acids is 2. The molecule has 0 atom stereocenters. The first-order chi connectivity index (χ1) is 12.0. The zero-order valence-corrected chi connectivity index (χ0v) is 15.4. The van der Waals surface area contributed by atoms with Gasteiger partial charge < -0.3 is 20.3 Å². The van der Waals surface area contributed by atoms with E-state index >= 15 is 0 Å². The maximum Gasteiger partial charge on any atom is 0.317 e. The lowest BCUT2D eigenvalue weighted by Crippen LogP contribution is -2.50. The highest BCUT2D eigenvalue weighted by atomic mass is 16.5. The molecule has 2 N–H and O–H groups in total. The van der Waals surface area contributed by atoms with Crippen LogP contribution < -0.4 is 15.4 Å². The molecule has 1 heterocycles. The largest absolute Gasteiger partial charge is 0.497 e. The first-order valence-corrected chi connectivity index (χ1v) is 8.95. The number of nitrogens with one attached hydrogen (secondary N) is 2. The van der Waals surface area contributed by atoms with Crippen molar-refractivity contribution in [2.24, 2.45) is 0 Å². The third kappa shape index (κ3) is 6.29. The minimum absolute atomic E-state index is 0.0159. The van der Waals surface area contributed by atoms with Gasteiger partial charge in [-0.05, 0) is 50.8 Å². The van der Waals surface area contributed by atoms with Crippen molar-refractivity contribution < 1.29 is 14.3 Å². The van der Waals surface area contributed by atoms with Gasteiger partial charge >= 0.3 is 6.03 Å². The molecule has 2 rings (SSSR count). The average molecular weight is 347 g/mol. The molecule has 1 fully saturated rings. The topological polar surface area (TPSA) is 70.7 Å². The van der Waals surface area contributed by atoms with Gasteiger partial charge in [0.2, 0.25) is 5.91 Å². The Kier molecular flexibility index (Phi) is 7.10. The van der Waals surface area contributed by atoms with Crippen LogP contribution in [0, 0.1) is 0 Å². The van der Waals surface area contributed by atoms with Gasteiger partial charge in [-0.1, -0.05) is 12.1 Å². The van der Waals surface area contributed by atoms with Crippen LogP contribution in [0.1, 0.15) is 38.7 Å². The predicted molar refractivity (Wildman–Crippen MR) is 97.7 cm³/mol. The number of hydrogen-bond acceptors (Lipinski definition) is 3. The molecule has 25 heavy (non-hydrogen) atoms. The molecule has 1 aliphatic heterocycles. The van der Waals surface area contributed by atoms with Gasteiger partial charge in [-0.2, -0.15) is 0 Å². The first-order valence-electron chi connectivity index (χ1n) is 8.95. The second-order valence-electron chi connectivity index (χ2n) is 6.78. The molecule has 1 aliphatic rings. The number of piperidine rings is 1. The minimum atomic E-state index is -0.0159. The molecular weight excluding hydrogens is 318 g/mol. The summed E-state index contributed by atoms with van der Waals surface area (Å²) in [5.41, 5.74) is 1.09.